The molecule has 1 aromatic rings. The number of halogens is 5. The Kier molecular flexibility index (Phi) is 4.36. The summed E-state index contributed by atoms with van der Waals surface area (Å²) in [6.07, 6.45) is -3.70. The number of alkyl halides is 4. The summed E-state index contributed by atoms with van der Waals surface area (Å²) >= 11 is 4.16. The van der Waals surface area contributed by atoms with Gasteiger partial charge in [0, 0.05) is 14.2 Å². The van der Waals surface area contributed by atoms with Gasteiger partial charge in [-0.15, -0.1) is 11.3 Å². The van der Waals surface area contributed by atoms with Crippen molar-refractivity contribution in [2.24, 2.45) is 0 Å². The van der Waals surface area contributed by atoms with Gasteiger partial charge >= 0.3 is 12.3 Å². The summed E-state index contributed by atoms with van der Waals surface area (Å²) in [6, 6.07) is -0.0492. The van der Waals surface area contributed by atoms with Crippen molar-refractivity contribution in [3.63, 3.8) is 0 Å². The first-order valence-electron chi connectivity index (χ1n) is 4.39. The summed E-state index contributed by atoms with van der Waals surface area (Å²) in [5, 5.41) is 2.24. The molecule has 1 N–H and O–H groups in total. The Morgan fingerprint density at radius 2 is 2.00 bits per heavy atom. The molecule has 7 heteroatoms. The fourth-order valence-corrected chi connectivity index (χ4v) is 3.36. The Balaban J connectivity index is 3.12. The second kappa shape index (κ2) is 5.01. The first-order valence-corrected chi connectivity index (χ1v) is 6.00. The summed E-state index contributed by atoms with van der Waals surface area (Å²) in [7, 11) is 1.24. The molecule has 0 fully saturated rings. The number of nitrogens with one attached hydrogen (secondary N) is 1. The van der Waals surface area contributed by atoms with Crippen molar-refractivity contribution < 1.29 is 17.6 Å². The van der Waals surface area contributed by atoms with Crippen LogP contribution in [0.1, 0.15) is 15.8 Å². The Morgan fingerprint density at radius 3 is 2.31 bits per heavy atom. The van der Waals surface area contributed by atoms with Gasteiger partial charge in [0.2, 0.25) is 0 Å². The maximum atomic E-state index is 13.3. The van der Waals surface area contributed by atoms with Gasteiger partial charge in [-0.05, 0) is 36.0 Å². The van der Waals surface area contributed by atoms with Crippen LogP contribution in [0.3, 0.4) is 0 Å². The minimum absolute atomic E-state index is 0.185. The molecule has 1 heterocycles. The average Bonchev–Trinajstić information content (AvgIpc) is 2.46. The monoisotopic (exact) mass is 319 g/mol. The third-order valence-corrected chi connectivity index (χ3v) is 4.10. The number of hydrogen-bond acceptors (Lipinski definition) is 2. The zero-order valence-corrected chi connectivity index (χ0v) is 10.9. The molecule has 0 amide bonds. The molecule has 0 radical (unpaired) electrons. The van der Waals surface area contributed by atoms with Crippen LogP contribution in [-0.2, 0) is 0 Å². The fourth-order valence-electron chi connectivity index (χ4n) is 1.32. The summed E-state index contributed by atoms with van der Waals surface area (Å²) in [6.45, 7) is 1.73. The summed E-state index contributed by atoms with van der Waals surface area (Å²) in [4.78, 5) is 0.970. The van der Waals surface area contributed by atoms with E-state index in [1.165, 1.54) is 7.05 Å². The van der Waals surface area contributed by atoms with Crippen molar-refractivity contribution in [2.45, 2.75) is 25.3 Å². The predicted octanol–water partition coefficient (Wildman–Crippen LogP) is 3.98. The van der Waals surface area contributed by atoms with Crippen LogP contribution in [0, 0.1) is 6.92 Å². The lowest BCUT2D eigenvalue weighted by atomic mass is 10.1. The van der Waals surface area contributed by atoms with Gasteiger partial charge in [0.25, 0.3) is 0 Å². The largest absolute Gasteiger partial charge is 0.327 e. The van der Waals surface area contributed by atoms with E-state index in [-0.39, 0.29) is 4.88 Å². The van der Waals surface area contributed by atoms with Gasteiger partial charge in [-0.25, -0.2) is 8.78 Å². The number of rotatable bonds is 4. The standard InChI is InChI=1S/C9H10BrF4NS/c1-4-3-5(10)6(16-4)7(15-2)9(13,14)8(11)12/h3,7-8,15H,1-2H3. The number of thiophene rings is 1. The first kappa shape index (κ1) is 13.9. The van der Waals surface area contributed by atoms with E-state index in [1.807, 2.05) is 0 Å². The highest BCUT2D eigenvalue weighted by Gasteiger charge is 2.49. The van der Waals surface area contributed by atoms with E-state index in [0.29, 0.717) is 4.47 Å². The van der Waals surface area contributed by atoms with E-state index < -0.39 is 18.4 Å². The van der Waals surface area contributed by atoms with E-state index >= 15 is 0 Å². The summed E-state index contributed by atoms with van der Waals surface area (Å²) in [5.74, 6) is -4.09. The topological polar surface area (TPSA) is 12.0 Å². The van der Waals surface area contributed by atoms with Crippen molar-refractivity contribution in [2.75, 3.05) is 7.05 Å². The Labute approximate surface area is 103 Å². The van der Waals surface area contributed by atoms with Gasteiger partial charge in [0.15, 0.2) is 0 Å². The average molecular weight is 320 g/mol. The highest BCUT2D eigenvalue weighted by Crippen LogP contribution is 2.42. The molecule has 1 aromatic heterocycles. The van der Waals surface area contributed by atoms with Crippen molar-refractivity contribution in [3.05, 3.63) is 20.3 Å². The zero-order valence-electron chi connectivity index (χ0n) is 8.53. The smallest absolute Gasteiger partial charge is 0.307 e. The molecule has 16 heavy (non-hydrogen) atoms. The third kappa shape index (κ3) is 2.57. The van der Waals surface area contributed by atoms with E-state index in [4.69, 9.17) is 0 Å². The molecule has 1 nitrogen and oxygen atoms in total. The van der Waals surface area contributed by atoms with Gasteiger partial charge < -0.3 is 5.32 Å². The Morgan fingerprint density at radius 1 is 1.44 bits per heavy atom. The molecule has 0 spiro atoms. The van der Waals surface area contributed by atoms with Crippen LogP contribution in [0.2, 0.25) is 0 Å². The second-order valence-electron chi connectivity index (χ2n) is 3.27. The van der Waals surface area contributed by atoms with E-state index in [0.717, 1.165) is 16.2 Å². The number of aryl methyl sites for hydroxylation is 1. The summed E-state index contributed by atoms with van der Waals surface area (Å²) < 4.78 is 51.5. The molecule has 0 bridgehead atoms. The minimum atomic E-state index is -4.09. The molecular weight excluding hydrogens is 310 g/mol. The van der Waals surface area contributed by atoms with Crippen LogP contribution in [0.25, 0.3) is 0 Å². The van der Waals surface area contributed by atoms with Crippen molar-refractivity contribution >= 4 is 27.3 Å². The molecule has 0 aromatic carbocycles. The second-order valence-corrected chi connectivity index (χ2v) is 5.41. The molecule has 0 aliphatic carbocycles. The maximum absolute atomic E-state index is 13.3. The van der Waals surface area contributed by atoms with Crippen LogP contribution >= 0.6 is 27.3 Å². The maximum Gasteiger partial charge on any atom is 0.327 e. The third-order valence-electron chi connectivity index (χ3n) is 2.06. The molecule has 92 valence electrons. The van der Waals surface area contributed by atoms with E-state index in [2.05, 4.69) is 21.2 Å². The van der Waals surface area contributed by atoms with Crippen LogP contribution in [0.4, 0.5) is 17.6 Å². The van der Waals surface area contributed by atoms with Crippen molar-refractivity contribution in [1.29, 1.82) is 0 Å². The van der Waals surface area contributed by atoms with Gasteiger partial charge in [0.1, 0.15) is 6.04 Å². The minimum Gasteiger partial charge on any atom is -0.307 e. The molecule has 0 saturated carbocycles. The molecule has 0 saturated heterocycles. The van der Waals surface area contributed by atoms with Gasteiger partial charge in [-0.3, -0.25) is 0 Å². The fraction of sp³-hybridized carbons (Fsp3) is 0.556. The van der Waals surface area contributed by atoms with Gasteiger partial charge in [-0.1, -0.05) is 0 Å². The highest BCUT2D eigenvalue weighted by atomic mass is 79.9. The van der Waals surface area contributed by atoms with Gasteiger partial charge in [0.05, 0.1) is 0 Å². The number of hydrogen-bond donors (Lipinski definition) is 1. The Hall–Kier alpha value is -0.140. The Bertz CT molecular complexity index is 366. The molecule has 1 unspecified atom stereocenters. The van der Waals surface area contributed by atoms with Crippen LogP contribution < -0.4 is 5.32 Å². The zero-order chi connectivity index (χ0) is 12.5. The molecule has 1 atom stereocenters. The first-order chi connectivity index (χ1) is 7.30. The van der Waals surface area contributed by atoms with Crippen LogP contribution in [-0.4, -0.2) is 19.4 Å². The van der Waals surface area contributed by atoms with Crippen molar-refractivity contribution in [3.8, 4) is 0 Å². The summed E-state index contributed by atoms with van der Waals surface area (Å²) in [5.41, 5.74) is 0. The van der Waals surface area contributed by atoms with Crippen molar-refractivity contribution in [1.82, 2.24) is 5.32 Å². The molecule has 0 aliphatic heterocycles. The van der Waals surface area contributed by atoms with E-state index in [1.54, 1.807) is 13.0 Å². The van der Waals surface area contributed by atoms with E-state index in [9.17, 15) is 17.6 Å². The lowest BCUT2D eigenvalue weighted by molar-refractivity contribution is -0.149. The van der Waals surface area contributed by atoms with Crippen LogP contribution in [0.15, 0.2) is 10.5 Å². The van der Waals surface area contributed by atoms with Crippen LogP contribution in [0.5, 0.6) is 0 Å². The lowest BCUT2D eigenvalue weighted by Crippen LogP contribution is -2.40. The highest BCUT2D eigenvalue weighted by molar-refractivity contribution is 9.10. The molecule has 1 rings (SSSR count). The SMILES string of the molecule is CNC(c1sc(C)cc1Br)C(F)(F)C(F)F. The normalized spacial score (nSPS) is 14.5. The lowest BCUT2D eigenvalue weighted by Gasteiger charge is -2.25. The van der Waals surface area contributed by atoms with Gasteiger partial charge in [-0.2, -0.15) is 8.78 Å². The molecular formula is C9H10BrF4NS. The predicted molar refractivity (Wildman–Crippen MR) is 59.5 cm³/mol. The molecule has 0 aliphatic rings. The quantitative estimate of drug-likeness (QED) is 0.828.